The Morgan fingerprint density at radius 3 is 2.73 bits per heavy atom. The van der Waals surface area contributed by atoms with Crippen molar-refractivity contribution in [2.24, 2.45) is 0 Å². The number of benzene rings is 1. The standard InChI is InChI=1S/C19H17N5O2/c1-12-15(13(2)26-23-12)9-19(25)22-14-7-8-18(20-10-14)24-11-21-16-5-3-4-6-17(16)24/h3-8,10-11H,9H2,1-2H3,(H,22,25). The van der Waals surface area contributed by atoms with Gasteiger partial charge in [0.15, 0.2) is 0 Å². The van der Waals surface area contributed by atoms with E-state index >= 15 is 0 Å². The number of hydrogen-bond acceptors (Lipinski definition) is 5. The topological polar surface area (TPSA) is 85.8 Å². The first-order chi connectivity index (χ1) is 12.6. The van der Waals surface area contributed by atoms with Gasteiger partial charge in [-0.3, -0.25) is 9.36 Å². The van der Waals surface area contributed by atoms with E-state index in [9.17, 15) is 4.79 Å². The number of pyridine rings is 1. The summed E-state index contributed by atoms with van der Waals surface area (Å²) < 4.78 is 7.00. The van der Waals surface area contributed by atoms with E-state index in [-0.39, 0.29) is 12.3 Å². The fraction of sp³-hybridized carbons (Fsp3) is 0.158. The molecule has 7 nitrogen and oxygen atoms in total. The van der Waals surface area contributed by atoms with Crippen molar-refractivity contribution in [3.63, 3.8) is 0 Å². The minimum absolute atomic E-state index is 0.137. The van der Waals surface area contributed by atoms with Crippen molar-refractivity contribution in [1.82, 2.24) is 19.7 Å². The highest BCUT2D eigenvalue weighted by Crippen LogP contribution is 2.18. The Balaban J connectivity index is 1.50. The lowest BCUT2D eigenvalue weighted by molar-refractivity contribution is -0.115. The predicted molar refractivity (Wildman–Crippen MR) is 97.2 cm³/mol. The number of nitrogens with one attached hydrogen (secondary N) is 1. The van der Waals surface area contributed by atoms with Crippen LogP contribution in [0.3, 0.4) is 0 Å². The van der Waals surface area contributed by atoms with Crippen LogP contribution in [0.25, 0.3) is 16.9 Å². The minimum atomic E-state index is -0.137. The van der Waals surface area contributed by atoms with Crippen molar-refractivity contribution in [1.29, 1.82) is 0 Å². The van der Waals surface area contributed by atoms with Crippen LogP contribution >= 0.6 is 0 Å². The average Bonchev–Trinajstić information content (AvgIpc) is 3.21. The van der Waals surface area contributed by atoms with Gasteiger partial charge in [-0.2, -0.15) is 0 Å². The van der Waals surface area contributed by atoms with Crippen molar-refractivity contribution in [3.8, 4) is 5.82 Å². The number of carbonyl (C=O) groups is 1. The van der Waals surface area contributed by atoms with Crippen LogP contribution in [0.15, 0.2) is 53.4 Å². The third-order valence-corrected chi connectivity index (χ3v) is 4.25. The molecule has 0 saturated heterocycles. The molecule has 0 fully saturated rings. The molecular formula is C19H17N5O2. The molecule has 0 aliphatic heterocycles. The van der Waals surface area contributed by atoms with E-state index in [2.05, 4.69) is 20.4 Å². The number of carbonyl (C=O) groups excluding carboxylic acids is 1. The SMILES string of the molecule is Cc1noc(C)c1CC(=O)Nc1ccc(-n2cnc3ccccc32)nc1. The molecule has 0 aliphatic carbocycles. The number of para-hydroxylation sites is 2. The number of fused-ring (bicyclic) bond motifs is 1. The first-order valence-electron chi connectivity index (χ1n) is 8.22. The van der Waals surface area contributed by atoms with Gasteiger partial charge in [-0.1, -0.05) is 17.3 Å². The van der Waals surface area contributed by atoms with E-state index in [1.165, 1.54) is 0 Å². The molecule has 0 unspecified atom stereocenters. The largest absolute Gasteiger partial charge is 0.361 e. The Morgan fingerprint density at radius 2 is 2.00 bits per heavy atom. The Kier molecular flexibility index (Phi) is 3.96. The lowest BCUT2D eigenvalue weighted by Gasteiger charge is -2.07. The summed E-state index contributed by atoms with van der Waals surface area (Å²) in [5.41, 5.74) is 4.08. The monoisotopic (exact) mass is 347 g/mol. The summed E-state index contributed by atoms with van der Waals surface area (Å²) in [5.74, 6) is 1.27. The lowest BCUT2D eigenvalue weighted by Crippen LogP contribution is -2.15. The molecule has 3 heterocycles. The zero-order valence-electron chi connectivity index (χ0n) is 14.4. The Morgan fingerprint density at radius 1 is 1.15 bits per heavy atom. The second-order valence-electron chi connectivity index (χ2n) is 6.04. The van der Waals surface area contributed by atoms with E-state index in [1.54, 1.807) is 19.4 Å². The molecule has 7 heteroatoms. The number of aryl methyl sites for hydroxylation is 2. The number of anilines is 1. The molecule has 1 N–H and O–H groups in total. The van der Waals surface area contributed by atoms with Crippen LogP contribution in [0, 0.1) is 13.8 Å². The quantitative estimate of drug-likeness (QED) is 0.613. The lowest BCUT2D eigenvalue weighted by atomic mass is 10.1. The highest BCUT2D eigenvalue weighted by molar-refractivity contribution is 5.92. The van der Waals surface area contributed by atoms with Gasteiger partial charge in [0.05, 0.1) is 35.0 Å². The van der Waals surface area contributed by atoms with Crippen molar-refractivity contribution in [2.45, 2.75) is 20.3 Å². The summed E-state index contributed by atoms with van der Waals surface area (Å²) >= 11 is 0. The zero-order chi connectivity index (χ0) is 18.1. The Labute approximate surface area is 149 Å². The molecule has 0 saturated carbocycles. The second-order valence-corrected chi connectivity index (χ2v) is 6.04. The summed E-state index contributed by atoms with van der Waals surface area (Å²) in [6.07, 6.45) is 3.59. The molecular weight excluding hydrogens is 330 g/mol. The van der Waals surface area contributed by atoms with E-state index < -0.39 is 0 Å². The van der Waals surface area contributed by atoms with E-state index in [1.807, 2.05) is 47.9 Å². The summed E-state index contributed by atoms with van der Waals surface area (Å²) in [4.78, 5) is 21.0. The van der Waals surface area contributed by atoms with Crippen molar-refractivity contribution >= 4 is 22.6 Å². The first-order valence-corrected chi connectivity index (χ1v) is 8.22. The molecule has 1 aromatic carbocycles. The van der Waals surface area contributed by atoms with Crippen molar-refractivity contribution in [2.75, 3.05) is 5.32 Å². The number of imidazole rings is 1. The van der Waals surface area contributed by atoms with Crippen LogP contribution in [0.4, 0.5) is 5.69 Å². The molecule has 4 rings (SSSR count). The van der Waals surface area contributed by atoms with Crippen LogP contribution in [0.2, 0.25) is 0 Å². The van der Waals surface area contributed by atoms with Crippen molar-refractivity contribution in [3.05, 3.63) is 65.9 Å². The van der Waals surface area contributed by atoms with Crippen LogP contribution in [-0.4, -0.2) is 25.6 Å². The molecule has 0 atom stereocenters. The first kappa shape index (κ1) is 16.0. The van der Waals surface area contributed by atoms with E-state index in [0.29, 0.717) is 11.4 Å². The van der Waals surface area contributed by atoms with E-state index in [4.69, 9.17) is 4.52 Å². The maximum absolute atomic E-state index is 12.2. The average molecular weight is 347 g/mol. The fourth-order valence-electron chi connectivity index (χ4n) is 2.86. The summed E-state index contributed by atoms with van der Waals surface area (Å²) in [6.45, 7) is 3.62. The zero-order valence-corrected chi connectivity index (χ0v) is 14.4. The van der Waals surface area contributed by atoms with Crippen LogP contribution < -0.4 is 5.32 Å². The maximum atomic E-state index is 12.2. The number of amides is 1. The van der Waals surface area contributed by atoms with Gasteiger partial charge in [0.25, 0.3) is 0 Å². The Hall–Kier alpha value is -3.48. The van der Waals surface area contributed by atoms with Gasteiger partial charge < -0.3 is 9.84 Å². The summed E-state index contributed by atoms with van der Waals surface area (Å²) in [7, 11) is 0. The molecule has 4 aromatic rings. The molecule has 0 bridgehead atoms. The third kappa shape index (κ3) is 2.95. The fourth-order valence-corrected chi connectivity index (χ4v) is 2.86. The molecule has 0 aliphatic rings. The van der Waals surface area contributed by atoms with Gasteiger partial charge in [-0.05, 0) is 38.1 Å². The normalized spacial score (nSPS) is 11.0. The molecule has 0 spiro atoms. The highest BCUT2D eigenvalue weighted by atomic mass is 16.5. The van der Waals surface area contributed by atoms with E-state index in [0.717, 1.165) is 28.1 Å². The van der Waals surface area contributed by atoms with Gasteiger partial charge in [0.1, 0.15) is 17.9 Å². The number of rotatable bonds is 4. The molecule has 0 radical (unpaired) electrons. The van der Waals surface area contributed by atoms with Gasteiger partial charge in [-0.15, -0.1) is 0 Å². The van der Waals surface area contributed by atoms with Gasteiger partial charge in [0, 0.05) is 5.56 Å². The van der Waals surface area contributed by atoms with Crippen LogP contribution in [0.5, 0.6) is 0 Å². The molecule has 26 heavy (non-hydrogen) atoms. The van der Waals surface area contributed by atoms with Gasteiger partial charge in [0.2, 0.25) is 5.91 Å². The second kappa shape index (κ2) is 6.44. The van der Waals surface area contributed by atoms with Gasteiger partial charge in [-0.25, -0.2) is 9.97 Å². The highest BCUT2D eigenvalue weighted by Gasteiger charge is 2.14. The molecule has 130 valence electrons. The maximum Gasteiger partial charge on any atom is 0.229 e. The van der Waals surface area contributed by atoms with Crippen LogP contribution in [0.1, 0.15) is 17.0 Å². The van der Waals surface area contributed by atoms with Gasteiger partial charge >= 0.3 is 0 Å². The number of hydrogen-bond donors (Lipinski definition) is 1. The minimum Gasteiger partial charge on any atom is -0.361 e. The predicted octanol–water partition coefficient (Wildman–Crippen LogP) is 3.21. The Bertz CT molecular complexity index is 1060. The number of nitrogens with zero attached hydrogens (tertiary/aromatic N) is 4. The summed E-state index contributed by atoms with van der Waals surface area (Å²) in [6, 6.07) is 11.5. The smallest absolute Gasteiger partial charge is 0.229 e. The third-order valence-electron chi connectivity index (χ3n) is 4.25. The molecule has 3 aromatic heterocycles. The summed E-state index contributed by atoms with van der Waals surface area (Å²) in [5, 5.41) is 6.71. The number of aromatic nitrogens is 4. The molecule has 1 amide bonds. The van der Waals surface area contributed by atoms with Crippen molar-refractivity contribution < 1.29 is 9.32 Å². The van der Waals surface area contributed by atoms with Crippen LogP contribution in [-0.2, 0) is 11.2 Å².